The largest absolute Gasteiger partial charge is 0.192 e. The summed E-state index contributed by atoms with van der Waals surface area (Å²) in [6, 6.07) is 31.6. The lowest BCUT2D eigenvalue weighted by atomic mass is 9.91. The molecule has 0 aromatic heterocycles. The normalized spacial score (nSPS) is 11.1. The number of nitriles is 1. The Labute approximate surface area is 165 Å². The van der Waals surface area contributed by atoms with Crippen LogP contribution >= 0.6 is 15.9 Å². The first-order chi connectivity index (χ1) is 13.3. The molecule has 27 heavy (non-hydrogen) atoms. The summed E-state index contributed by atoms with van der Waals surface area (Å²) >= 11 is 3.75. The molecular formula is C25H14BrN. The first-order valence-electron chi connectivity index (χ1n) is 8.79. The number of rotatable bonds is 1. The molecule has 0 atom stereocenters. The Morgan fingerprint density at radius 1 is 0.593 bits per heavy atom. The Balaban J connectivity index is 1.96. The molecule has 1 nitrogen and oxygen atoms in total. The Kier molecular flexibility index (Phi) is 3.70. The van der Waals surface area contributed by atoms with Crippen molar-refractivity contribution in [1.29, 1.82) is 5.26 Å². The van der Waals surface area contributed by atoms with Crippen LogP contribution in [0.2, 0.25) is 0 Å². The lowest BCUT2D eigenvalue weighted by Crippen LogP contribution is -1.87. The molecule has 126 valence electrons. The Morgan fingerprint density at radius 2 is 1.15 bits per heavy atom. The van der Waals surface area contributed by atoms with Gasteiger partial charge in [-0.15, -0.1) is 0 Å². The number of benzene rings is 5. The van der Waals surface area contributed by atoms with Crippen molar-refractivity contribution in [1.82, 2.24) is 0 Å². The molecule has 0 N–H and O–H groups in total. The highest BCUT2D eigenvalue weighted by Crippen LogP contribution is 2.40. The van der Waals surface area contributed by atoms with Crippen LogP contribution in [0.3, 0.4) is 0 Å². The van der Waals surface area contributed by atoms with Gasteiger partial charge in [-0.3, -0.25) is 0 Å². The molecule has 5 aromatic rings. The van der Waals surface area contributed by atoms with E-state index in [1.54, 1.807) is 0 Å². The minimum absolute atomic E-state index is 0.679. The molecule has 0 aliphatic carbocycles. The summed E-state index contributed by atoms with van der Waals surface area (Å²) in [6.45, 7) is 0. The summed E-state index contributed by atoms with van der Waals surface area (Å²) < 4.78 is 1.11. The predicted molar refractivity (Wildman–Crippen MR) is 117 cm³/mol. The lowest BCUT2D eigenvalue weighted by Gasteiger charge is -2.14. The molecule has 5 rings (SSSR count). The van der Waals surface area contributed by atoms with Crippen LogP contribution in [0.1, 0.15) is 5.56 Å². The number of nitrogens with zero attached hydrogens (tertiary/aromatic N) is 1. The monoisotopic (exact) mass is 407 g/mol. The third-order valence-electron chi connectivity index (χ3n) is 5.16. The fourth-order valence-corrected chi connectivity index (χ4v) is 4.44. The van der Waals surface area contributed by atoms with Crippen molar-refractivity contribution in [2.24, 2.45) is 0 Å². The molecule has 2 heteroatoms. The van der Waals surface area contributed by atoms with Crippen LogP contribution in [-0.2, 0) is 0 Å². The SMILES string of the molecule is N#Cc1ccc(-c2cc3c4ccccc4c(Br)cc3c3ccccc23)cc1. The number of hydrogen-bond donors (Lipinski definition) is 0. The van der Waals surface area contributed by atoms with Crippen molar-refractivity contribution in [3.8, 4) is 17.2 Å². The average molecular weight is 408 g/mol. The summed E-state index contributed by atoms with van der Waals surface area (Å²) in [4.78, 5) is 0. The summed E-state index contributed by atoms with van der Waals surface area (Å²) in [7, 11) is 0. The number of hydrogen-bond acceptors (Lipinski definition) is 1. The topological polar surface area (TPSA) is 23.8 Å². The van der Waals surface area contributed by atoms with E-state index in [1.165, 1.54) is 37.9 Å². The zero-order chi connectivity index (χ0) is 18.4. The zero-order valence-electron chi connectivity index (χ0n) is 14.4. The van der Waals surface area contributed by atoms with Gasteiger partial charge in [-0.05, 0) is 67.7 Å². The first kappa shape index (κ1) is 16.1. The molecule has 0 bridgehead atoms. The predicted octanol–water partition coefficient (Wildman–Crippen LogP) is 7.45. The van der Waals surface area contributed by atoms with E-state index in [2.05, 4.69) is 82.7 Å². The van der Waals surface area contributed by atoms with Crippen LogP contribution in [0.4, 0.5) is 0 Å². The number of halogens is 1. The average Bonchev–Trinajstić information content (AvgIpc) is 2.74. The van der Waals surface area contributed by atoms with E-state index in [4.69, 9.17) is 5.26 Å². The second kappa shape index (κ2) is 6.23. The molecule has 0 saturated heterocycles. The minimum atomic E-state index is 0.679. The highest BCUT2D eigenvalue weighted by Gasteiger charge is 2.12. The van der Waals surface area contributed by atoms with Gasteiger partial charge in [-0.25, -0.2) is 0 Å². The van der Waals surface area contributed by atoms with Crippen molar-refractivity contribution >= 4 is 48.2 Å². The molecule has 0 aliphatic rings. The van der Waals surface area contributed by atoms with Crippen LogP contribution in [0.15, 0.2) is 89.4 Å². The molecule has 0 heterocycles. The van der Waals surface area contributed by atoms with Gasteiger partial charge in [0.15, 0.2) is 0 Å². The summed E-state index contributed by atoms with van der Waals surface area (Å²) in [5, 5.41) is 16.5. The fraction of sp³-hybridized carbons (Fsp3) is 0. The van der Waals surface area contributed by atoms with Gasteiger partial charge >= 0.3 is 0 Å². The summed E-state index contributed by atoms with van der Waals surface area (Å²) in [5.74, 6) is 0. The van der Waals surface area contributed by atoms with Crippen LogP contribution in [0.5, 0.6) is 0 Å². The fourth-order valence-electron chi connectivity index (χ4n) is 3.87. The van der Waals surface area contributed by atoms with Crippen LogP contribution < -0.4 is 0 Å². The first-order valence-corrected chi connectivity index (χ1v) is 9.59. The van der Waals surface area contributed by atoms with Crippen molar-refractivity contribution in [2.75, 3.05) is 0 Å². The third kappa shape index (κ3) is 2.51. The van der Waals surface area contributed by atoms with E-state index in [0.29, 0.717) is 5.56 Å². The van der Waals surface area contributed by atoms with Crippen LogP contribution in [-0.4, -0.2) is 0 Å². The van der Waals surface area contributed by atoms with Crippen molar-refractivity contribution in [3.05, 3.63) is 95.0 Å². The molecule has 0 radical (unpaired) electrons. The van der Waals surface area contributed by atoms with Crippen molar-refractivity contribution in [3.63, 3.8) is 0 Å². The van der Waals surface area contributed by atoms with Crippen LogP contribution in [0.25, 0.3) is 43.4 Å². The Morgan fingerprint density at radius 3 is 1.81 bits per heavy atom. The minimum Gasteiger partial charge on any atom is -0.192 e. The van der Waals surface area contributed by atoms with Gasteiger partial charge in [0, 0.05) is 4.47 Å². The smallest absolute Gasteiger partial charge is 0.0991 e. The van der Waals surface area contributed by atoms with E-state index in [9.17, 15) is 0 Å². The molecule has 0 saturated carbocycles. The van der Waals surface area contributed by atoms with E-state index >= 15 is 0 Å². The van der Waals surface area contributed by atoms with Crippen LogP contribution in [0, 0.1) is 11.3 Å². The standard InChI is InChI=1S/C25H14BrN/c26-25-14-24-19-6-2-1-5-18(19)22(17-11-9-16(15-27)10-12-17)13-23(24)20-7-3-4-8-21(20)25/h1-14H. The van der Waals surface area contributed by atoms with Gasteiger partial charge < -0.3 is 0 Å². The molecule has 0 unspecified atom stereocenters. The maximum absolute atomic E-state index is 9.10. The zero-order valence-corrected chi connectivity index (χ0v) is 16.0. The van der Waals surface area contributed by atoms with Crippen molar-refractivity contribution < 1.29 is 0 Å². The quantitative estimate of drug-likeness (QED) is 0.264. The molecule has 0 spiro atoms. The van der Waals surface area contributed by atoms with Gasteiger partial charge in [-0.1, -0.05) is 76.6 Å². The Bertz CT molecular complexity index is 1380. The highest BCUT2D eigenvalue weighted by atomic mass is 79.9. The van der Waals surface area contributed by atoms with Gasteiger partial charge in [-0.2, -0.15) is 5.26 Å². The molecular weight excluding hydrogens is 394 g/mol. The highest BCUT2D eigenvalue weighted by molar-refractivity contribution is 9.10. The second-order valence-electron chi connectivity index (χ2n) is 6.66. The summed E-state index contributed by atoms with van der Waals surface area (Å²) in [6.07, 6.45) is 0. The van der Waals surface area contributed by atoms with Gasteiger partial charge in [0.05, 0.1) is 11.6 Å². The molecule has 0 amide bonds. The second-order valence-corrected chi connectivity index (χ2v) is 7.51. The Hall–Kier alpha value is -3.15. The number of fused-ring (bicyclic) bond motifs is 5. The maximum atomic E-state index is 9.10. The van der Waals surface area contributed by atoms with Gasteiger partial charge in [0.2, 0.25) is 0 Å². The molecule has 5 aromatic carbocycles. The van der Waals surface area contributed by atoms with E-state index in [-0.39, 0.29) is 0 Å². The van der Waals surface area contributed by atoms with Crippen molar-refractivity contribution in [2.45, 2.75) is 0 Å². The van der Waals surface area contributed by atoms with E-state index in [0.717, 1.165) is 10.0 Å². The molecule has 0 fully saturated rings. The molecule has 0 aliphatic heterocycles. The lowest BCUT2D eigenvalue weighted by molar-refractivity contribution is 1.48. The van der Waals surface area contributed by atoms with Gasteiger partial charge in [0.1, 0.15) is 0 Å². The summed E-state index contributed by atoms with van der Waals surface area (Å²) in [5.41, 5.74) is 2.99. The van der Waals surface area contributed by atoms with Gasteiger partial charge in [0.25, 0.3) is 0 Å². The maximum Gasteiger partial charge on any atom is 0.0991 e. The third-order valence-corrected chi connectivity index (χ3v) is 5.81. The van der Waals surface area contributed by atoms with E-state index in [1.807, 2.05) is 24.3 Å². The van der Waals surface area contributed by atoms with E-state index < -0.39 is 0 Å².